The predicted octanol–water partition coefficient (Wildman–Crippen LogP) is 0.137. The molecular formula is C14H24NaO4P. The van der Waals surface area contributed by atoms with Crippen molar-refractivity contribution in [3.63, 3.8) is 0 Å². The Morgan fingerprint density at radius 3 is 2.35 bits per heavy atom. The van der Waals surface area contributed by atoms with Crippen LogP contribution in [0.5, 0.6) is 0 Å². The Hall–Kier alpha value is 0.460. The van der Waals surface area contributed by atoms with E-state index in [1.807, 2.05) is 27.7 Å². The van der Waals surface area contributed by atoms with Gasteiger partial charge in [0.1, 0.15) is 6.10 Å². The summed E-state index contributed by atoms with van der Waals surface area (Å²) in [6.45, 7) is 13.5. The van der Waals surface area contributed by atoms with Crippen LogP contribution in [0.3, 0.4) is 0 Å². The summed E-state index contributed by atoms with van der Waals surface area (Å²) in [5, 5.41) is 0. The molecule has 0 fully saturated rings. The quantitative estimate of drug-likeness (QED) is 0.547. The van der Waals surface area contributed by atoms with E-state index in [1.54, 1.807) is 13.0 Å². The van der Waals surface area contributed by atoms with Crippen molar-refractivity contribution in [2.24, 2.45) is 5.41 Å². The van der Waals surface area contributed by atoms with E-state index in [0.29, 0.717) is 12.0 Å². The van der Waals surface area contributed by atoms with E-state index in [0.717, 1.165) is 5.57 Å². The maximum atomic E-state index is 12.0. The fourth-order valence-corrected chi connectivity index (χ4v) is 2.67. The van der Waals surface area contributed by atoms with Gasteiger partial charge in [-0.05, 0) is 29.9 Å². The van der Waals surface area contributed by atoms with Crippen LogP contribution < -0.4 is 34.5 Å². The minimum atomic E-state index is -2.23. The third-order valence-corrected chi connectivity index (χ3v) is 3.78. The van der Waals surface area contributed by atoms with Gasteiger partial charge in [-0.25, -0.2) is 0 Å². The van der Waals surface area contributed by atoms with Gasteiger partial charge in [-0.1, -0.05) is 40.3 Å². The number of hydrogen-bond acceptors (Lipinski definition) is 4. The van der Waals surface area contributed by atoms with Gasteiger partial charge < -0.3 is 13.9 Å². The fraction of sp³-hybridized carbons (Fsp3) is 0.643. The molecule has 0 aromatic carbocycles. The molecule has 4 nitrogen and oxygen atoms in total. The molecule has 2 atom stereocenters. The van der Waals surface area contributed by atoms with Crippen LogP contribution in [0.1, 0.15) is 41.0 Å². The summed E-state index contributed by atoms with van der Waals surface area (Å²) in [6.07, 6.45) is 1.49. The number of carbonyl (C=O) groups is 1. The van der Waals surface area contributed by atoms with E-state index in [2.05, 4.69) is 11.1 Å². The molecule has 20 heavy (non-hydrogen) atoms. The van der Waals surface area contributed by atoms with Gasteiger partial charge in [0.25, 0.3) is 0 Å². The summed E-state index contributed by atoms with van der Waals surface area (Å²) < 4.78 is 9.68. The van der Waals surface area contributed by atoms with Gasteiger partial charge in [0, 0.05) is 7.11 Å². The molecule has 110 valence electrons. The van der Waals surface area contributed by atoms with Gasteiger partial charge in [0.05, 0.1) is 8.60 Å². The second-order valence-corrected chi connectivity index (χ2v) is 5.72. The molecule has 0 bridgehead atoms. The molecule has 0 amide bonds. The molecule has 1 aliphatic rings. The van der Waals surface area contributed by atoms with Gasteiger partial charge in [0.2, 0.25) is 0 Å². The Balaban J connectivity index is 0. The van der Waals surface area contributed by atoms with Gasteiger partial charge >= 0.3 is 29.6 Å². The zero-order chi connectivity index (χ0) is 15.2. The van der Waals surface area contributed by atoms with E-state index >= 15 is 0 Å². The minimum absolute atomic E-state index is 0. The van der Waals surface area contributed by atoms with E-state index in [4.69, 9.17) is 4.52 Å². The van der Waals surface area contributed by atoms with Crippen LogP contribution in [0.15, 0.2) is 23.8 Å². The third-order valence-electron chi connectivity index (χ3n) is 3.06. The average molecular weight is 310 g/mol. The van der Waals surface area contributed by atoms with Crippen molar-refractivity contribution >= 4 is 14.4 Å². The Bertz CT molecular complexity index is 366. The molecule has 6 heteroatoms. The van der Waals surface area contributed by atoms with Crippen LogP contribution in [-0.4, -0.2) is 19.0 Å². The molecule has 0 aromatic heterocycles. The number of ketones is 1. The topological polar surface area (TPSA) is 58.6 Å². The molecule has 0 radical (unpaired) electrons. The summed E-state index contributed by atoms with van der Waals surface area (Å²) >= 11 is 0. The van der Waals surface area contributed by atoms with E-state index < -0.39 is 14.7 Å². The summed E-state index contributed by atoms with van der Waals surface area (Å²) in [6, 6.07) is 0. The number of hydrogen-bond donors (Lipinski definition) is 0. The molecule has 0 aliphatic heterocycles. The molecule has 2 unspecified atom stereocenters. The smallest absolute Gasteiger partial charge is 0.786 e. The van der Waals surface area contributed by atoms with Crippen LogP contribution >= 0.6 is 8.60 Å². The number of allylic oxidation sites excluding steroid dienone is 2. The monoisotopic (exact) mass is 310 g/mol. The van der Waals surface area contributed by atoms with Gasteiger partial charge in [0.15, 0.2) is 5.78 Å². The van der Waals surface area contributed by atoms with Gasteiger partial charge in [-0.3, -0.25) is 4.79 Å². The van der Waals surface area contributed by atoms with Crippen molar-refractivity contribution in [2.45, 2.75) is 47.1 Å². The normalized spacial score (nSPS) is 22.4. The maximum absolute atomic E-state index is 12.0. The molecule has 0 spiro atoms. The zero-order valence-electron chi connectivity index (χ0n) is 13.6. The molecule has 1 rings (SSSR count). The minimum Gasteiger partial charge on any atom is -0.786 e. The van der Waals surface area contributed by atoms with Crippen molar-refractivity contribution in [2.75, 3.05) is 7.11 Å². The third kappa shape index (κ3) is 5.69. The van der Waals surface area contributed by atoms with Crippen LogP contribution in [0.4, 0.5) is 0 Å². The first-order valence-electron chi connectivity index (χ1n) is 6.39. The molecular weight excluding hydrogens is 286 g/mol. The largest absolute Gasteiger partial charge is 1.00 e. The van der Waals surface area contributed by atoms with Crippen LogP contribution in [0.2, 0.25) is 0 Å². The van der Waals surface area contributed by atoms with E-state index in [-0.39, 0.29) is 40.8 Å². The van der Waals surface area contributed by atoms with Crippen molar-refractivity contribution in [1.82, 2.24) is 0 Å². The second-order valence-electron chi connectivity index (χ2n) is 4.70. The van der Waals surface area contributed by atoms with Crippen molar-refractivity contribution < 1.29 is 48.3 Å². The first kappa shape index (κ1) is 22.7. The SMILES string of the molecule is C=CC1=C(C)C(=O)C(OP([O-])OC)CC1(C)C.CC.[Na+]. The van der Waals surface area contributed by atoms with Crippen molar-refractivity contribution in [3.8, 4) is 0 Å². The van der Waals surface area contributed by atoms with Crippen molar-refractivity contribution in [1.29, 1.82) is 0 Å². The summed E-state index contributed by atoms with van der Waals surface area (Å²) in [7, 11) is -0.939. The maximum Gasteiger partial charge on any atom is 1.00 e. The Labute approximate surface area is 145 Å². The number of rotatable bonds is 4. The standard InChI is InChI=1S/C12H18O4P.C2H6.Na/c1-6-9-8(2)11(13)10(7-12(9,3)4)16-17(14)15-5;1-2;/h6,10H,1,7H2,2-5H3;1-2H3;/q-1;;+1. The summed E-state index contributed by atoms with van der Waals surface area (Å²) in [5.41, 5.74) is 1.34. The molecule has 0 N–H and O–H groups in total. The second kappa shape index (κ2) is 10.2. The van der Waals surface area contributed by atoms with Crippen LogP contribution in [0.25, 0.3) is 0 Å². The van der Waals surface area contributed by atoms with E-state index in [1.165, 1.54) is 7.11 Å². The zero-order valence-corrected chi connectivity index (χ0v) is 16.5. The van der Waals surface area contributed by atoms with Gasteiger partial charge in [-0.15, -0.1) is 0 Å². The Kier molecular flexibility index (Phi) is 11.6. The molecule has 0 saturated carbocycles. The summed E-state index contributed by atoms with van der Waals surface area (Å²) in [4.78, 5) is 23.2. The number of Topliss-reactive ketones (excluding diaryl/α,β-unsaturated/α-hetero) is 1. The first-order chi connectivity index (χ1) is 8.83. The molecule has 0 heterocycles. The van der Waals surface area contributed by atoms with E-state index in [9.17, 15) is 9.69 Å². The molecule has 1 aliphatic carbocycles. The number of carbonyl (C=O) groups excluding carboxylic acids is 1. The molecule has 0 saturated heterocycles. The Morgan fingerprint density at radius 2 is 1.95 bits per heavy atom. The van der Waals surface area contributed by atoms with Gasteiger partial charge in [-0.2, -0.15) is 0 Å². The fourth-order valence-electron chi connectivity index (χ4n) is 2.21. The summed E-state index contributed by atoms with van der Waals surface area (Å²) in [5.74, 6) is -0.139. The van der Waals surface area contributed by atoms with Crippen molar-refractivity contribution in [3.05, 3.63) is 23.8 Å². The Morgan fingerprint density at radius 1 is 1.45 bits per heavy atom. The van der Waals surface area contributed by atoms with Crippen LogP contribution in [0, 0.1) is 5.41 Å². The predicted molar refractivity (Wildman–Crippen MR) is 76.5 cm³/mol. The first-order valence-corrected chi connectivity index (χ1v) is 7.49. The van der Waals surface area contributed by atoms with Crippen LogP contribution in [-0.2, 0) is 13.8 Å². The average Bonchev–Trinajstić information content (AvgIpc) is 2.37. The molecule has 0 aromatic rings.